The standard InChI is InChI=1S/C15H16FN3O3/c1-10-5-15(18-8-14(10)19(20)21)17-7-11-3-4-13(16)12(6-11)9-22-2/h3-6,8H,7,9H2,1-2H3,(H,17,18). The Balaban J connectivity index is 2.08. The molecule has 0 amide bonds. The summed E-state index contributed by atoms with van der Waals surface area (Å²) in [6.07, 6.45) is 1.22. The predicted molar refractivity (Wildman–Crippen MR) is 80.1 cm³/mol. The molecule has 1 N–H and O–H groups in total. The number of nitro groups is 1. The number of nitrogens with one attached hydrogen (secondary N) is 1. The maximum absolute atomic E-state index is 13.5. The Hall–Kier alpha value is -2.54. The molecule has 0 atom stereocenters. The number of hydrogen-bond donors (Lipinski definition) is 1. The fourth-order valence-corrected chi connectivity index (χ4v) is 2.03. The molecule has 22 heavy (non-hydrogen) atoms. The van der Waals surface area contributed by atoms with Crippen molar-refractivity contribution in [3.05, 3.63) is 63.1 Å². The van der Waals surface area contributed by atoms with Crippen molar-refractivity contribution in [3.63, 3.8) is 0 Å². The summed E-state index contributed by atoms with van der Waals surface area (Å²) in [5.74, 6) is 0.218. The topological polar surface area (TPSA) is 77.3 Å². The molecule has 6 nitrogen and oxygen atoms in total. The van der Waals surface area contributed by atoms with Crippen molar-refractivity contribution >= 4 is 11.5 Å². The van der Waals surface area contributed by atoms with Gasteiger partial charge in [0.1, 0.15) is 17.8 Å². The molecule has 0 aliphatic carbocycles. The van der Waals surface area contributed by atoms with Gasteiger partial charge in [0.25, 0.3) is 5.69 Å². The minimum Gasteiger partial charge on any atom is -0.380 e. The highest BCUT2D eigenvalue weighted by molar-refractivity contribution is 5.47. The molecule has 1 heterocycles. The number of nitrogens with zero attached hydrogens (tertiary/aromatic N) is 2. The Morgan fingerprint density at radius 2 is 2.18 bits per heavy atom. The Labute approximate surface area is 127 Å². The van der Waals surface area contributed by atoms with Crippen molar-refractivity contribution in [1.82, 2.24) is 4.98 Å². The van der Waals surface area contributed by atoms with Crippen LogP contribution in [0.4, 0.5) is 15.9 Å². The first-order valence-corrected chi connectivity index (χ1v) is 6.62. The summed E-state index contributed by atoms with van der Waals surface area (Å²) in [5, 5.41) is 13.8. The fourth-order valence-electron chi connectivity index (χ4n) is 2.03. The van der Waals surface area contributed by atoms with Gasteiger partial charge >= 0.3 is 0 Å². The van der Waals surface area contributed by atoms with Crippen molar-refractivity contribution < 1.29 is 14.1 Å². The van der Waals surface area contributed by atoms with E-state index in [-0.39, 0.29) is 18.1 Å². The van der Waals surface area contributed by atoms with E-state index in [1.807, 2.05) is 0 Å². The summed E-state index contributed by atoms with van der Waals surface area (Å²) < 4.78 is 18.5. The molecule has 0 bridgehead atoms. The van der Waals surface area contributed by atoms with E-state index in [2.05, 4.69) is 10.3 Å². The van der Waals surface area contributed by atoms with Gasteiger partial charge in [0.05, 0.1) is 11.5 Å². The molecule has 0 radical (unpaired) electrons. The summed E-state index contributed by atoms with van der Waals surface area (Å²) in [6.45, 7) is 2.29. The Morgan fingerprint density at radius 3 is 2.82 bits per heavy atom. The van der Waals surface area contributed by atoms with Crippen LogP contribution in [0.3, 0.4) is 0 Å². The molecule has 0 saturated carbocycles. The van der Waals surface area contributed by atoms with Gasteiger partial charge in [-0.1, -0.05) is 6.07 Å². The number of aromatic nitrogens is 1. The van der Waals surface area contributed by atoms with Gasteiger partial charge in [0.15, 0.2) is 0 Å². The third-order valence-corrected chi connectivity index (χ3v) is 3.16. The molecule has 116 valence electrons. The third kappa shape index (κ3) is 3.76. The average molecular weight is 305 g/mol. The summed E-state index contributed by atoms with van der Waals surface area (Å²) >= 11 is 0. The molecular weight excluding hydrogens is 289 g/mol. The van der Waals surface area contributed by atoms with Gasteiger partial charge in [-0.15, -0.1) is 0 Å². The normalized spacial score (nSPS) is 10.5. The van der Waals surface area contributed by atoms with Gasteiger partial charge in [0, 0.05) is 24.8 Å². The molecule has 1 aromatic carbocycles. The summed E-state index contributed by atoms with van der Waals surface area (Å²) in [7, 11) is 1.51. The Bertz CT molecular complexity index is 692. The van der Waals surface area contributed by atoms with E-state index in [1.54, 1.807) is 25.1 Å². The van der Waals surface area contributed by atoms with Gasteiger partial charge in [-0.25, -0.2) is 9.37 Å². The lowest BCUT2D eigenvalue weighted by Crippen LogP contribution is -2.04. The van der Waals surface area contributed by atoms with Crippen LogP contribution < -0.4 is 5.32 Å². The van der Waals surface area contributed by atoms with E-state index in [4.69, 9.17) is 4.74 Å². The van der Waals surface area contributed by atoms with Crippen molar-refractivity contribution in [2.45, 2.75) is 20.1 Å². The zero-order valence-electron chi connectivity index (χ0n) is 12.3. The first-order valence-electron chi connectivity index (χ1n) is 6.62. The highest BCUT2D eigenvalue weighted by Gasteiger charge is 2.11. The largest absolute Gasteiger partial charge is 0.380 e. The van der Waals surface area contributed by atoms with E-state index in [1.165, 1.54) is 19.4 Å². The van der Waals surface area contributed by atoms with E-state index < -0.39 is 4.92 Å². The van der Waals surface area contributed by atoms with E-state index in [0.29, 0.717) is 23.5 Å². The van der Waals surface area contributed by atoms with Crippen LogP contribution in [-0.2, 0) is 17.9 Å². The van der Waals surface area contributed by atoms with Crippen molar-refractivity contribution in [2.24, 2.45) is 0 Å². The van der Waals surface area contributed by atoms with E-state index >= 15 is 0 Å². The van der Waals surface area contributed by atoms with E-state index in [9.17, 15) is 14.5 Å². The molecule has 1 aromatic heterocycles. The quantitative estimate of drug-likeness (QED) is 0.655. The van der Waals surface area contributed by atoms with E-state index in [0.717, 1.165) is 5.56 Å². The lowest BCUT2D eigenvalue weighted by molar-refractivity contribution is -0.385. The summed E-state index contributed by atoms with van der Waals surface area (Å²) in [6, 6.07) is 6.38. The molecule has 2 rings (SSSR count). The van der Waals surface area contributed by atoms with Crippen LogP contribution >= 0.6 is 0 Å². The van der Waals surface area contributed by atoms with Crippen LogP contribution in [0.5, 0.6) is 0 Å². The highest BCUT2D eigenvalue weighted by atomic mass is 19.1. The van der Waals surface area contributed by atoms with Crippen molar-refractivity contribution in [2.75, 3.05) is 12.4 Å². The molecule has 2 aromatic rings. The summed E-state index contributed by atoms with van der Waals surface area (Å²) in [5.41, 5.74) is 1.86. The first-order chi connectivity index (χ1) is 10.5. The maximum Gasteiger partial charge on any atom is 0.290 e. The minimum atomic E-state index is -0.469. The number of aryl methyl sites for hydroxylation is 1. The van der Waals surface area contributed by atoms with Crippen LogP contribution in [0, 0.1) is 22.9 Å². The van der Waals surface area contributed by atoms with Gasteiger partial charge in [-0.05, 0) is 30.7 Å². The number of methoxy groups -OCH3 is 1. The Kier molecular flexibility index (Phi) is 5.00. The SMILES string of the molecule is COCc1cc(CNc2cc(C)c([N+](=O)[O-])cn2)ccc1F. The highest BCUT2D eigenvalue weighted by Crippen LogP contribution is 2.19. The molecule has 0 unspecified atom stereocenters. The van der Waals surface area contributed by atoms with Crippen LogP contribution in [0.25, 0.3) is 0 Å². The maximum atomic E-state index is 13.5. The summed E-state index contributed by atoms with van der Waals surface area (Å²) in [4.78, 5) is 14.3. The average Bonchev–Trinajstić information content (AvgIpc) is 2.48. The number of pyridine rings is 1. The second-order valence-electron chi connectivity index (χ2n) is 4.83. The van der Waals surface area contributed by atoms with Gasteiger partial charge in [-0.3, -0.25) is 10.1 Å². The lowest BCUT2D eigenvalue weighted by Gasteiger charge is -2.09. The smallest absolute Gasteiger partial charge is 0.290 e. The van der Waals surface area contributed by atoms with Crippen molar-refractivity contribution in [1.29, 1.82) is 0 Å². The molecule has 0 spiro atoms. The second kappa shape index (κ2) is 6.95. The molecule has 0 aliphatic rings. The van der Waals surface area contributed by atoms with Gasteiger partial charge in [0.2, 0.25) is 0 Å². The molecule has 7 heteroatoms. The number of rotatable bonds is 6. The first kappa shape index (κ1) is 15.8. The predicted octanol–water partition coefficient (Wildman–Crippen LogP) is 3.20. The zero-order chi connectivity index (χ0) is 16.1. The number of hydrogen-bond acceptors (Lipinski definition) is 5. The van der Waals surface area contributed by atoms with Crippen molar-refractivity contribution in [3.8, 4) is 0 Å². The van der Waals surface area contributed by atoms with Gasteiger partial charge < -0.3 is 10.1 Å². The zero-order valence-corrected chi connectivity index (χ0v) is 12.3. The van der Waals surface area contributed by atoms with Crippen LogP contribution in [-0.4, -0.2) is 17.0 Å². The number of halogens is 1. The number of ether oxygens (including phenoxy) is 1. The number of benzene rings is 1. The van der Waals surface area contributed by atoms with Crippen LogP contribution in [0.1, 0.15) is 16.7 Å². The number of anilines is 1. The Morgan fingerprint density at radius 1 is 1.41 bits per heavy atom. The fraction of sp³-hybridized carbons (Fsp3) is 0.267. The van der Waals surface area contributed by atoms with Gasteiger partial charge in [-0.2, -0.15) is 0 Å². The molecule has 0 saturated heterocycles. The second-order valence-corrected chi connectivity index (χ2v) is 4.83. The molecule has 0 fully saturated rings. The lowest BCUT2D eigenvalue weighted by atomic mass is 10.1. The van der Waals surface area contributed by atoms with Crippen LogP contribution in [0.15, 0.2) is 30.5 Å². The monoisotopic (exact) mass is 305 g/mol. The minimum absolute atomic E-state index is 0.0188. The third-order valence-electron chi connectivity index (χ3n) is 3.16. The van der Waals surface area contributed by atoms with Crippen LogP contribution in [0.2, 0.25) is 0 Å². The molecule has 0 aliphatic heterocycles. The molecular formula is C15H16FN3O3.